The Balaban J connectivity index is 2.49. The number of hydrogen-bond acceptors (Lipinski definition) is 2. The predicted molar refractivity (Wildman–Crippen MR) is 71.3 cm³/mol. The third kappa shape index (κ3) is 2.80. The van der Waals surface area contributed by atoms with Gasteiger partial charge in [0.25, 0.3) is 0 Å². The lowest BCUT2D eigenvalue weighted by molar-refractivity contribution is -0.138. The van der Waals surface area contributed by atoms with Gasteiger partial charge in [-0.05, 0) is 23.3 Å². The standard InChI is InChI=1S/C15H14FNO2/c16-14-7-6-11(13(9-17)15(18)19)8-12(14)10-4-2-1-3-5-10/h1-8,13H,9,17H2,(H,18,19). The molecule has 0 amide bonds. The average Bonchev–Trinajstić information content (AvgIpc) is 2.42. The van der Waals surface area contributed by atoms with Gasteiger partial charge in [-0.15, -0.1) is 0 Å². The normalized spacial score (nSPS) is 12.1. The van der Waals surface area contributed by atoms with Gasteiger partial charge in [0.2, 0.25) is 0 Å². The average molecular weight is 259 g/mol. The van der Waals surface area contributed by atoms with Crippen LogP contribution in [0.1, 0.15) is 11.5 Å². The van der Waals surface area contributed by atoms with Crippen LogP contribution in [0.25, 0.3) is 11.1 Å². The van der Waals surface area contributed by atoms with Gasteiger partial charge in [-0.25, -0.2) is 4.39 Å². The first kappa shape index (κ1) is 13.2. The van der Waals surface area contributed by atoms with Crippen LogP contribution >= 0.6 is 0 Å². The van der Waals surface area contributed by atoms with Gasteiger partial charge < -0.3 is 10.8 Å². The molecule has 19 heavy (non-hydrogen) atoms. The molecule has 1 unspecified atom stereocenters. The summed E-state index contributed by atoms with van der Waals surface area (Å²) in [4.78, 5) is 11.1. The lowest BCUT2D eigenvalue weighted by Crippen LogP contribution is -2.21. The number of nitrogens with two attached hydrogens (primary N) is 1. The van der Waals surface area contributed by atoms with Crippen LogP contribution in [0.4, 0.5) is 4.39 Å². The number of halogens is 1. The number of carboxylic acid groups (broad SMARTS) is 1. The van der Waals surface area contributed by atoms with E-state index in [9.17, 15) is 9.18 Å². The highest BCUT2D eigenvalue weighted by Gasteiger charge is 2.19. The Morgan fingerprint density at radius 1 is 1.21 bits per heavy atom. The lowest BCUT2D eigenvalue weighted by Gasteiger charge is -2.12. The second-order valence-corrected chi connectivity index (χ2v) is 4.23. The summed E-state index contributed by atoms with van der Waals surface area (Å²) in [5.41, 5.74) is 7.07. The second kappa shape index (κ2) is 5.63. The number of aliphatic carboxylic acids is 1. The molecule has 0 saturated carbocycles. The summed E-state index contributed by atoms with van der Waals surface area (Å²) in [7, 11) is 0. The van der Waals surface area contributed by atoms with Gasteiger partial charge in [0.05, 0.1) is 5.92 Å². The first-order valence-corrected chi connectivity index (χ1v) is 5.91. The highest BCUT2D eigenvalue weighted by molar-refractivity contribution is 5.77. The van der Waals surface area contributed by atoms with Crippen molar-refractivity contribution in [1.82, 2.24) is 0 Å². The predicted octanol–water partition coefficient (Wildman–Crippen LogP) is 2.62. The van der Waals surface area contributed by atoms with E-state index in [1.165, 1.54) is 12.1 Å². The first-order valence-electron chi connectivity index (χ1n) is 5.91. The monoisotopic (exact) mass is 259 g/mol. The topological polar surface area (TPSA) is 63.3 Å². The van der Waals surface area contributed by atoms with Gasteiger partial charge in [-0.3, -0.25) is 4.79 Å². The molecule has 0 fully saturated rings. The molecule has 3 nitrogen and oxygen atoms in total. The lowest BCUT2D eigenvalue weighted by atomic mass is 9.95. The van der Waals surface area contributed by atoms with Gasteiger partial charge in [-0.2, -0.15) is 0 Å². The van der Waals surface area contributed by atoms with Crippen LogP contribution in [0.15, 0.2) is 48.5 Å². The van der Waals surface area contributed by atoms with Crippen molar-refractivity contribution in [1.29, 1.82) is 0 Å². The summed E-state index contributed by atoms with van der Waals surface area (Å²) in [6.07, 6.45) is 0. The van der Waals surface area contributed by atoms with Crippen LogP contribution in [0.2, 0.25) is 0 Å². The minimum absolute atomic E-state index is 0.0187. The minimum atomic E-state index is -1.01. The molecule has 0 saturated heterocycles. The molecular formula is C15H14FNO2. The Labute approximate surface area is 110 Å². The molecule has 98 valence electrons. The van der Waals surface area contributed by atoms with E-state index in [2.05, 4.69) is 0 Å². The van der Waals surface area contributed by atoms with Gasteiger partial charge in [0.1, 0.15) is 5.82 Å². The molecule has 0 bridgehead atoms. The Hall–Kier alpha value is -2.20. The minimum Gasteiger partial charge on any atom is -0.481 e. The Morgan fingerprint density at radius 3 is 2.47 bits per heavy atom. The molecule has 2 rings (SSSR count). The van der Waals surface area contributed by atoms with Crippen LogP contribution in [0, 0.1) is 5.82 Å². The molecule has 2 aromatic rings. The van der Waals surface area contributed by atoms with E-state index in [0.717, 1.165) is 0 Å². The number of rotatable bonds is 4. The highest BCUT2D eigenvalue weighted by Crippen LogP contribution is 2.26. The van der Waals surface area contributed by atoms with E-state index in [1.807, 2.05) is 6.07 Å². The van der Waals surface area contributed by atoms with Crippen molar-refractivity contribution in [2.45, 2.75) is 5.92 Å². The van der Waals surface area contributed by atoms with E-state index in [-0.39, 0.29) is 12.4 Å². The van der Waals surface area contributed by atoms with E-state index in [0.29, 0.717) is 16.7 Å². The molecule has 1 atom stereocenters. The van der Waals surface area contributed by atoms with Gasteiger partial charge >= 0.3 is 5.97 Å². The van der Waals surface area contributed by atoms with Crippen LogP contribution in [-0.2, 0) is 4.79 Å². The van der Waals surface area contributed by atoms with Crippen molar-refractivity contribution < 1.29 is 14.3 Å². The second-order valence-electron chi connectivity index (χ2n) is 4.23. The molecule has 0 spiro atoms. The summed E-state index contributed by atoms with van der Waals surface area (Å²) < 4.78 is 13.8. The maximum atomic E-state index is 13.8. The van der Waals surface area contributed by atoms with Crippen LogP contribution < -0.4 is 5.73 Å². The van der Waals surface area contributed by atoms with E-state index >= 15 is 0 Å². The zero-order chi connectivity index (χ0) is 13.8. The SMILES string of the molecule is NCC(C(=O)O)c1ccc(F)c(-c2ccccc2)c1. The smallest absolute Gasteiger partial charge is 0.312 e. The zero-order valence-corrected chi connectivity index (χ0v) is 10.2. The fraction of sp³-hybridized carbons (Fsp3) is 0.133. The number of carbonyl (C=O) groups is 1. The Bertz CT molecular complexity index is 584. The Morgan fingerprint density at radius 2 is 1.89 bits per heavy atom. The molecule has 3 N–H and O–H groups in total. The van der Waals surface area contributed by atoms with Gasteiger partial charge in [0, 0.05) is 12.1 Å². The molecule has 0 aliphatic rings. The summed E-state index contributed by atoms with van der Waals surface area (Å²) in [6.45, 7) is -0.0187. The summed E-state index contributed by atoms with van der Waals surface area (Å²) in [5, 5.41) is 9.08. The number of carboxylic acids is 1. The zero-order valence-electron chi connectivity index (χ0n) is 10.2. The first-order chi connectivity index (χ1) is 9.13. The number of benzene rings is 2. The maximum Gasteiger partial charge on any atom is 0.312 e. The van der Waals surface area contributed by atoms with Crippen molar-refractivity contribution in [3.8, 4) is 11.1 Å². The third-order valence-corrected chi connectivity index (χ3v) is 3.01. The van der Waals surface area contributed by atoms with Crippen LogP contribution in [0.5, 0.6) is 0 Å². The van der Waals surface area contributed by atoms with E-state index in [4.69, 9.17) is 10.8 Å². The summed E-state index contributed by atoms with van der Waals surface area (Å²) in [5.74, 6) is -2.20. The van der Waals surface area contributed by atoms with Crippen LogP contribution in [0.3, 0.4) is 0 Å². The highest BCUT2D eigenvalue weighted by atomic mass is 19.1. The van der Waals surface area contributed by atoms with Crippen molar-refractivity contribution in [2.24, 2.45) is 5.73 Å². The molecule has 2 aromatic carbocycles. The Kier molecular flexibility index (Phi) is 3.92. The maximum absolute atomic E-state index is 13.8. The quantitative estimate of drug-likeness (QED) is 0.887. The van der Waals surface area contributed by atoms with Gasteiger partial charge in [-0.1, -0.05) is 36.4 Å². The molecule has 4 heteroatoms. The fourth-order valence-electron chi connectivity index (χ4n) is 1.98. The van der Waals surface area contributed by atoms with Gasteiger partial charge in [0.15, 0.2) is 0 Å². The van der Waals surface area contributed by atoms with Crippen molar-refractivity contribution in [2.75, 3.05) is 6.54 Å². The molecule has 0 aromatic heterocycles. The molecule has 0 radical (unpaired) electrons. The third-order valence-electron chi connectivity index (χ3n) is 3.01. The van der Waals surface area contributed by atoms with Crippen molar-refractivity contribution in [3.05, 3.63) is 59.9 Å². The fourth-order valence-corrected chi connectivity index (χ4v) is 1.98. The van der Waals surface area contributed by atoms with E-state index in [1.54, 1.807) is 30.3 Å². The summed E-state index contributed by atoms with van der Waals surface area (Å²) >= 11 is 0. The largest absolute Gasteiger partial charge is 0.481 e. The molecule has 0 aliphatic heterocycles. The molecular weight excluding hydrogens is 245 g/mol. The molecule has 0 aliphatic carbocycles. The van der Waals surface area contributed by atoms with Crippen LogP contribution in [-0.4, -0.2) is 17.6 Å². The number of hydrogen-bond donors (Lipinski definition) is 2. The molecule has 0 heterocycles. The van der Waals surface area contributed by atoms with E-state index < -0.39 is 11.9 Å². The van der Waals surface area contributed by atoms with Crippen molar-refractivity contribution in [3.63, 3.8) is 0 Å². The summed E-state index contributed by atoms with van der Waals surface area (Å²) in [6, 6.07) is 13.3. The van der Waals surface area contributed by atoms with Crippen molar-refractivity contribution >= 4 is 5.97 Å².